The summed E-state index contributed by atoms with van der Waals surface area (Å²) in [6.45, 7) is 6.04. The van der Waals surface area contributed by atoms with Gasteiger partial charge >= 0.3 is 0 Å². The molecule has 2 amide bonds. The van der Waals surface area contributed by atoms with E-state index in [1.165, 1.54) is 12.1 Å². The van der Waals surface area contributed by atoms with Gasteiger partial charge in [-0.3, -0.25) is 14.5 Å². The Morgan fingerprint density at radius 2 is 1.72 bits per heavy atom. The van der Waals surface area contributed by atoms with Crippen LogP contribution in [0.25, 0.3) is 0 Å². The first-order valence-corrected chi connectivity index (χ1v) is 11.1. The number of likely N-dealkylation sites (tertiary alicyclic amines) is 1. The number of nitrogens with one attached hydrogen (secondary N) is 1. The van der Waals surface area contributed by atoms with Crippen molar-refractivity contribution in [1.82, 2.24) is 19.8 Å². The van der Waals surface area contributed by atoms with E-state index < -0.39 is 0 Å². The van der Waals surface area contributed by atoms with Gasteiger partial charge in [0.1, 0.15) is 5.82 Å². The smallest absolute Gasteiger partial charge is 0.239 e. The average molecular weight is 441 g/mol. The van der Waals surface area contributed by atoms with Gasteiger partial charge in [0.15, 0.2) is 0 Å². The largest absolute Gasteiger partial charge is 0.338 e. The van der Waals surface area contributed by atoms with E-state index in [2.05, 4.69) is 25.1 Å². The molecule has 8 nitrogen and oxygen atoms in total. The molecule has 1 atom stereocenters. The number of amides is 2. The number of anilines is 2. The minimum atomic E-state index is -0.373. The number of aromatic nitrogens is 2. The summed E-state index contributed by atoms with van der Waals surface area (Å²) in [5, 5.41) is 2.80. The first-order valence-electron chi connectivity index (χ1n) is 11.1. The zero-order valence-electron chi connectivity index (χ0n) is 18.3. The van der Waals surface area contributed by atoms with Gasteiger partial charge in [0.05, 0.1) is 6.04 Å². The van der Waals surface area contributed by atoms with Gasteiger partial charge in [-0.25, -0.2) is 14.4 Å². The Bertz CT molecular complexity index is 927. The molecule has 1 aromatic carbocycles. The zero-order valence-corrected chi connectivity index (χ0v) is 18.3. The number of hydrogen-bond donors (Lipinski definition) is 1. The Labute approximate surface area is 187 Å². The van der Waals surface area contributed by atoms with Crippen molar-refractivity contribution >= 4 is 23.5 Å². The number of carbonyl (C=O) groups excluding carboxylic acids is 2. The SMILES string of the molecule is CC(C(=O)N1CCN(c2ncccn2)CC1)N1CCC(C(=O)Nc2cccc(F)c2)CC1. The lowest BCUT2D eigenvalue weighted by Gasteiger charge is -2.40. The van der Waals surface area contributed by atoms with E-state index >= 15 is 0 Å². The molecule has 1 aromatic heterocycles. The van der Waals surface area contributed by atoms with Gasteiger partial charge in [-0.1, -0.05) is 6.07 Å². The molecule has 170 valence electrons. The Kier molecular flexibility index (Phi) is 6.94. The quantitative estimate of drug-likeness (QED) is 0.766. The van der Waals surface area contributed by atoms with Crippen molar-refractivity contribution in [2.75, 3.05) is 49.5 Å². The van der Waals surface area contributed by atoms with Crippen molar-refractivity contribution in [3.05, 3.63) is 48.5 Å². The van der Waals surface area contributed by atoms with Gasteiger partial charge in [-0.15, -0.1) is 0 Å². The van der Waals surface area contributed by atoms with Gasteiger partial charge in [0, 0.05) is 50.2 Å². The lowest BCUT2D eigenvalue weighted by molar-refractivity contribution is -0.137. The van der Waals surface area contributed by atoms with Crippen LogP contribution in [0, 0.1) is 11.7 Å². The van der Waals surface area contributed by atoms with E-state index in [0.717, 1.165) is 0 Å². The van der Waals surface area contributed by atoms with Crippen LogP contribution >= 0.6 is 0 Å². The van der Waals surface area contributed by atoms with Crippen LogP contribution in [0.3, 0.4) is 0 Å². The summed E-state index contributed by atoms with van der Waals surface area (Å²) in [6.07, 6.45) is 4.81. The van der Waals surface area contributed by atoms with Crippen molar-refractivity contribution in [3.63, 3.8) is 0 Å². The van der Waals surface area contributed by atoms with Crippen molar-refractivity contribution < 1.29 is 14.0 Å². The Morgan fingerprint density at radius 1 is 1.03 bits per heavy atom. The molecule has 2 fully saturated rings. The highest BCUT2D eigenvalue weighted by atomic mass is 19.1. The number of rotatable bonds is 5. The number of piperazine rings is 1. The van der Waals surface area contributed by atoms with E-state index in [4.69, 9.17) is 0 Å². The molecule has 2 saturated heterocycles. The van der Waals surface area contributed by atoms with Crippen molar-refractivity contribution in [2.24, 2.45) is 5.92 Å². The maximum absolute atomic E-state index is 13.3. The fraction of sp³-hybridized carbons (Fsp3) is 0.478. The summed E-state index contributed by atoms with van der Waals surface area (Å²) in [4.78, 5) is 40.3. The predicted molar refractivity (Wildman–Crippen MR) is 120 cm³/mol. The Hall–Kier alpha value is -3.07. The fourth-order valence-electron chi connectivity index (χ4n) is 4.36. The van der Waals surface area contributed by atoms with E-state index in [1.54, 1.807) is 30.6 Å². The molecule has 3 heterocycles. The van der Waals surface area contributed by atoms with E-state index in [-0.39, 0.29) is 29.6 Å². The third-order valence-electron chi connectivity index (χ3n) is 6.32. The van der Waals surface area contributed by atoms with Gasteiger partial charge in [-0.05, 0) is 57.1 Å². The number of carbonyl (C=O) groups is 2. The first-order chi connectivity index (χ1) is 15.5. The second-order valence-electron chi connectivity index (χ2n) is 8.35. The average Bonchev–Trinajstić information content (AvgIpc) is 2.84. The number of nitrogens with zero attached hydrogens (tertiary/aromatic N) is 5. The van der Waals surface area contributed by atoms with E-state index in [9.17, 15) is 14.0 Å². The molecule has 0 aliphatic carbocycles. The molecule has 0 radical (unpaired) electrons. The van der Waals surface area contributed by atoms with Crippen LogP contribution in [0.1, 0.15) is 19.8 Å². The topological polar surface area (TPSA) is 81.7 Å². The summed E-state index contributed by atoms with van der Waals surface area (Å²) < 4.78 is 13.3. The van der Waals surface area contributed by atoms with Crippen LogP contribution in [0.5, 0.6) is 0 Å². The second kappa shape index (κ2) is 10.0. The summed E-state index contributed by atoms with van der Waals surface area (Å²) in [7, 11) is 0. The molecule has 1 N–H and O–H groups in total. The van der Waals surface area contributed by atoms with E-state index in [1.807, 2.05) is 11.8 Å². The predicted octanol–water partition coefficient (Wildman–Crippen LogP) is 2.00. The number of halogens is 1. The standard InChI is InChI=1S/C23H29FN6O2/c1-17(22(32)29-12-14-30(15-13-29)23-25-8-3-9-26-23)28-10-6-18(7-11-28)21(31)27-20-5-2-4-19(24)16-20/h2-5,8-9,16-18H,6-7,10-15H2,1H3,(H,27,31). The van der Waals surface area contributed by atoms with Crippen molar-refractivity contribution in [3.8, 4) is 0 Å². The molecule has 4 rings (SSSR count). The summed E-state index contributed by atoms with van der Waals surface area (Å²) in [5.74, 6) is 0.231. The van der Waals surface area contributed by atoms with Gasteiger partial charge in [-0.2, -0.15) is 0 Å². The highest BCUT2D eigenvalue weighted by Crippen LogP contribution is 2.22. The minimum absolute atomic E-state index is 0.0894. The van der Waals surface area contributed by atoms with Crippen LogP contribution in [0.15, 0.2) is 42.7 Å². The minimum Gasteiger partial charge on any atom is -0.338 e. The van der Waals surface area contributed by atoms with Gasteiger partial charge < -0.3 is 15.1 Å². The molecule has 1 unspecified atom stereocenters. The monoisotopic (exact) mass is 440 g/mol. The summed E-state index contributed by atoms with van der Waals surface area (Å²) in [6, 6.07) is 7.49. The molecule has 2 aromatic rings. The highest BCUT2D eigenvalue weighted by molar-refractivity contribution is 5.92. The number of piperidine rings is 1. The third-order valence-corrected chi connectivity index (χ3v) is 6.32. The zero-order chi connectivity index (χ0) is 22.5. The Balaban J connectivity index is 1.24. The molecular formula is C23H29FN6O2. The third kappa shape index (κ3) is 5.21. The van der Waals surface area contributed by atoms with Crippen LogP contribution < -0.4 is 10.2 Å². The van der Waals surface area contributed by atoms with Gasteiger partial charge in [0.2, 0.25) is 17.8 Å². The molecule has 0 spiro atoms. The maximum atomic E-state index is 13.3. The maximum Gasteiger partial charge on any atom is 0.239 e. The summed E-state index contributed by atoms with van der Waals surface area (Å²) >= 11 is 0. The molecule has 32 heavy (non-hydrogen) atoms. The first kappa shape index (κ1) is 22.1. The van der Waals surface area contributed by atoms with E-state index in [0.29, 0.717) is 63.7 Å². The van der Waals surface area contributed by atoms with Crippen LogP contribution in [-0.4, -0.2) is 76.9 Å². The highest BCUT2D eigenvalue weighted by Gasteiger charge is 2.33. The molecule has 9 heteroatoms. The van der Waals surface area contributed by atoms with Crippen LogP contribution in [0.2, 0.25) is 0 Å². The second-order valence-corrected chi connectivity index (χ2v) is 8.35. The van der Waals surface area contributed by atoms with Gasteiger partial charge in [0.25, 0.3) is 0 Å². The van der Waals surface area contributed by atoms with Crippen LogP contribution in [0.4, 0.5) is 16.0 Å². The number of benzene rings is 1. The van der Waals surface area contributed by atoms with Crippen molar-refractivity contribution in [1.29, 1.82) is 0 Å². The normalized spacial score (nSPS) is 18.9. The van der Waals surface area contributed by atoms with Crippen LogP contribution in [-0.2, 0) is 9.59 Å². The summed E-state index contributed by atoms with van der Waals surface area (Å²) in [5.41, 5.74) is 0.473. The fourth-order valence-corrected chi connectivity index (χ4v) is 4.36. The van der Waals surface area contributed by atoms with Crippen molar-refractivity contribution in [2.45, 2.75) is 25.8 Å². The Morgan fingerprint density at radius 3 is 2.38 bits per heavy atom. The molecule has 2 aliphatic heterocycles. The lowest BCUT2D eigenvalue weighted by Crippen LogP contribution is -2.55. The lowest BCUT2D eigenvalue weighted by atomic mass is 9.94. The molecule has 0 bridgehead atoms. The number of hydrogen-bond acceptors (Lipinski definition) is 6. The molecular weight excluding hydrogens is 411 g/mol. The molecule has 2 aliphatic rings. The molecule has 0 saturated carbocycles.